The summed E-state index contributed by atoms with van der Waals surface area (Å²) < 4.78 is 0. The third-order valence-corrected chi connectivity index (χ3v) is 3.79. The van der Waals surface area contributed by atoms with Crippen LogP contribution in [0.2, 0.25) is 0 Å². The van der Waals surface area contributed by atoms with Gasteiger partial charge >= 0.3 is 0 Å². The van der Waals surface area contributed by atoms with E-state index in [0.717, 1.165) is 12.8 Å². The molecule has 2 unspecified atom stereocenters. The van der Waals surface area contributed by atoms with Crippen molar-refractivity contribution in [3.63, 3.8) is 0 Å². The van der Waals surface area contributed by atoms with Gasteiger partial charge in [-0.25, -0.2) is 0 Å². The van der Waals surface area contributed by atoms with Gasteiger partial charge in [0.2, 0.25) is 0 Å². The molecule has 0 saturated heterocycles. The van der Waals surface area contributed by atoms with Gasteiger partial charge in [0.25, 0.3) is 0 Å². The second-order valence-electron chi connectivity index (χ2n) is 4.92. The van der Waals surface area contributed by atoms with Crippen LogP contribution in [-0.4, -0.2) is 5.78 Å². The van der Waals surface area contributed by atoms with Gasteiger partial charge in [0.05, 0.1) is 0 Å². The Kier molecular flexibility index (Phi) is 3.78. The number of carbonyl (C=O) groups is 1. The van der Waals surface area contributed by atoms with Gasteiger partial charge in [-0.1, -0.05) is 49.8 Å². The highest BCUT2D eigenvalue weighted by Gasteiger charge is 2.25. The summed E-state index contributed by atoms with van der Waals surface area (Å²) in [5, 5.41) is 0. The number of benzene rings is 1. The third-order valence-electron chi connectivity index (χ3n) is 3.79. The second-order valence-corrected chi connectivity index (χ2v) is 4.92. The zero-order valence-corrected chi connectivity index (χ0v) is 10.6. The average Bonchev–Trinajstić information content (AvgIpc) is 2.38. The van der Waals surface area contributed by atoms with Crippen molar-refractivity contribution < 1.29 is 4.79 Å². The first-order valence-corrected chi connectivity index (χ1v) is 6.51. The van der Waals surface area contributed by atoms with E-state index in [1.54, 1.807) is 0 Å². The van der Waals surface area contributed by atoms with E-state index in [4.69, 9.17) is 0 Å². The Labute approximate surface area is 104 Å². The van der Waals surface area contributed by atoms with Gasteiger partial charge in [-0.05, 0) is 30.4 Å². The molecular formula is C16H20O. The van der Waals surface area contributed by atoms with Gasteiger partial charge in [0.15, 0.2) is 5.78 Å². The SMILES string of the molecule is CCC(C)C1=CC(=O)CCC1c1ccccc1. The van der Waals surface area contributed by atoms with Gasteiger partial charge in [0.1, 0.15) is 0 Å². The lowest BCUT2D eigenvalue weighted by atomic mass is 9.76. The van der Waals surface area contributed by atoms with Crippen LogP contribution in [0.15, 0.2) is 42.0 Å². The lowest BCUT2D eigenvalue weighted by Gasteiger charge is -2.28. The van der Waals surface area contributed by atoms with Crippen LogP contribution in [0, 0.1) is 5.92 Å². The predicted molar refractivity (Wildman–Crippen MR) is 71.0 cm³/mol. The quantitative estimate of drug-likeness (QED) is 0.761. The third kappa shape index (κ3) is 2.66. The second kappa shape index (κ2) is 5.31. The fourth-order valence-electron chi connectivity index (χ4n) is 2.58. The molecule has 0 aliphatic heterocycles. The molecule has 2 atom stereocenters. The predicted octanol–water partition coefficient (Wildman–Crippen LogP) is 4.11. The van der Waals surface area contributed by atoms with Crippen molar-refractivity contribution in [2.75, 3.05) is 0 Å². The van der Waals surface area contributed by atoms with Crippen LogP contribution in [0.4, 0.5) is 0 Å². The average molecular weight is 228 g/mol. The Balaban J connectivity index is 2.33. The minimum atomic E-state index is 0.299. The van der Waals surface area contributed by atoms with E-state index < -0.39 is 0 Å². The molecule has 17 heavy (non-hydrogen) atoms. The van der Waals surface area contributed by atoms with Crippen molar-refractivity contribution in [2.45, 2.75) is 39.0 Å². The molecule has 1 nitrogen and oxygen atoms in total. The molecule has 0 radical (unpaired) electrons. The molecule has 1 aliphatic carbocycles. The largest absolute Gasteiger partial charge is 0.295 e. The van der Waals surface area contributed by atoms with Crippen LogP contribution < -0.4 is 0 Å². The number of hydrogen-bond donors (Lipinski definition) is 0. The minimum Gasteiger partial charge on any atom is -0.295 e. The zero-order valence-electron chi connectivity index (χ0n) is 10.6. The van der Waals surface area contributed by atoms with Crippen LogP contribution in [0.3, 0.4) is 0 Å². The van der Waals surface area contributed by atoms with Gasteiger partial charge in [-0.3, -0.25) is 4.79 Å². The smallest absolute Gasteiger partial charge is 0.155 e. The van der Waals surface area contributed by atoms with Crippen molar-refractivity contribution in [3.8, 4) is 0 Å². The number of hydrogen-bond acceptors (Lipinski definition) is 1. The molecule has 0 aromatic heterocycles. The van der Waals surface area contributed by atoms with Gasteiger partial charge in [0, 0.05) is 12.3 Å². The molecule has 0 N–H and O–H groups in total. The van der Waals surface area contributed by atoms with Crippen molar-refractivity contribution in [3.05, 3.63) is 47.5 Å². The number of rotatable bonds is 3. The van der Waals surface area contributed by atoms with Crippen molar-refractivity contribution in [1.29, 1.82) is 0 Å². The van der Waals surface area contributed by atoms with E-state index in [9.17, 15) is 4.79 Å². The van der Waals surface area contributed by atoms with Crippen LogP contribution in [-0.2, 0) is 4.79 Å². The highest BCUT2D eigenvalue weighted by Crippen LogP contribution is 2.37. The summed E-state index contributed by atoms with van der Waals surface area (Å²) in [6.07, 6.45) is 4.66. The van der Waals surface area contributed by atoms with E-state index in [1.807, 2.05) is 12.1 Å². The summed E-state index contributed by atoms with van der Waals surface area (Å²) in [7, 11) is 0. The van der Waals surface area contributed by atoms with Crippen molar-refractivity contribution >= 4 is 5.78 Å². The van der Waals surface area contributed by atoms with E-state index in [0.29, 0.717) is 24.0 Å². The van der Waals surface area contributed by atoms with Crippen molar-refractivity contribution in [1.82, 2.24) is 0 Å². The molecule has 0 bridgehead atoms. The Morgan fingerprint density at radius 1 is 1.29 bits per heavy atom. The summed E-state index contributed by atoms with van der Waals surface area (Å²) in [6, 6.07) is 10.6. The molecule has 0 fully saturated rings. The maximum atomic E-state index is 11.6. The fourth-order valence-corrected chi connectivity index (χ4v) is 2.58. The molecule has 2 rings (SSSR count). The Morgan fingerprint density at radius 2 is 2.00 bits per heavy atom. The van der Waals surface area contributed by atoms with Gasteiger partial charge < -0.3 is 0 Å². The molecule has 1 aromatic carbocycles. The van der Waals surface area contributed by atoms with Crippen molar-refractivity contribution in [2.24, 2.45) is 5.92 Å². The first kappa shape index (κ1) is 12.1. The number of allylic oxidation sites excluding steroid dienone is 2. The Hall–Kier alpha value is -1.37. The lowest BCUT2D eigenvalue weighted by molar-refractivity contribution is -0.115. The Morgan fingerprint density at radius 3 is 2.65 bits per heavy atom. The number of carbonyl (C=O) groups excluding carboxylic acids is 1. The highest BCUT2D eigenvalue weighted by molar-refractivity contribution is 5.91. The highest BCUT2D eigenvalue weighted by atomic mass is 16.1. The molecule has 0 amide bonds. The van der Waals surface area contributed by atoms with Crippen LogP contribution >= 0.6 is 0 Å². The molecule has 1 aromatic rings. The van der Waals surface area contributed by atoms with E-state index in [-0.39, 0.29) is 0 Å². The topological polar surface area (TPSA) is 17.1 Å². The summed E-state index contributed by atoms with van der Waals surface area (Å²) in [5.41, 5.74) is 2.68. The molecule has 0 spiro atoms. The Bertz CT molecular complexity index is 416. The van der Waals surface area contributed by atoms with Gasteiger partial charge in [-0.15, -0.1) is 0 Å². The standard InChI is InChI=1S/C16H20O/c1-3-12(2)16-11-14(17)9-10-15(16)13-7-5-4-6-8-13/h4-8,11-12,15H,3,9-10H2,1-2H3. The van der Waals surface area contributed by atoms with Gasteiger partial charge in [-0.2, -0.15) is 0 Å². The molecular weight excluding hydrogens is 208 g/mol. The van der Waals surface area contributed by atoms with E-state index in [1.165, 1.54) is 11.1 Å². The first-order valence-electron chi connectivity index (χ1n) is 6.51. The maximum absolute atomic E-state index is 11.6. The summed E-state index contributed by atoms with van der Waals surface area (Å²) in [4.78, 5) is 11.6. The molecule has 0 heterocycles. The maximum Gasteiger partial charge on any atom is 0.155 e. The fraction of sp³-hybridized carbons (Fsp3) is 0.438. The molecule has 90 valence electrons. The van der Waals surface area contributed by atoms with Crippen LogP contribution in [0.5, 0.6) is 0 Å². The first-order chi connectivity index (χ1) is 8.22. The summed E-state index contributed by atoms with van der Waals surface area (Å²) in [5.74, 6) is 1.25. The normalized spacial score (nSPS) is 22.1. The molecule has 1 heteroatoms. The van der Waals surface area contributed by atoms with Crippen LogP contribution in [0.25, 0.3) is 0 Å². The van der Waals surface area contributed by atoms with Crippen LogP contribution in [0.1, 0.15) is 44.6 Å². The summed E-state index contributed by atoms with van der Waals surface area (Å²) >= 11 is 0. The zero-order chi connectivity index (χ0) is 12.3. The number of ketones is 1. The van der Waals surface area contributed by atoms with E-state index in [2.05, 4.69) is 38.1 Å². The minimum absolute atomic E-state index is 0.299. The molecule has 0 saturated carbocycles. The monoisotopic (exact) mass is 228 g/mol. The lowest BCUT2D eigenvalue weighted by Crippen LogP contribution is -2.17. The summed E-state index contributed by atoms with van der Waals surface area (Å²) in [6.45, 7) is 4.41. The molecule has 1 aliphatic rings. The van der Waals surface area contributed by atoms with E-state index >= 15 is 0 Å².